The van der Waals surface area contributed by atoms with E-state index >= 15 is 0 Å². The number of carbonyl (C=O) groups is 1. The molecule has 0 bridgehead atoms. The highest BCUT2D eigenvalue weighted by atomic mass is 16.5. The summed E-state index contributed by atoms with van der Waals surface area (Å²) in [6.07, 6.45) is 2.39. The minimum absolute atomic E-state index is 0.171. The molecule has 9 nitrogen and oxygen atoms in total. The van der Waals surface area contributed by atoms with E-state index in [2.05, 4.69) is 10.3 Å². The van der Waals surface area contributed by atoms with E-state index in [-0.39, 0.29) is 11.6 Å². The van der Waals surface area contributed by atoms with E-state index < -0.39 is 6.09 Å². The molecule has 1 aliphatic heterocycles. The first kappa shape index (κ1) is 22.7. The minimum atomic E-state index is -0.859. The topological polar surface area (TPSA) is 110 Å². The number of nitrogens with one attached hydrogen (secondary N) is 1. The largest absolute Gasteiger partial charge is 0.494 e. The summed E-state index contributed by atoms with van der Waals surface area (Å²) in [5.41, 5.74) is 0.957. The number of amides is 1. The molecular formula is C24H29N5O4. The quantitative estimate of drug-likeness (QED) is 0.568. The van der Waals surface area contributed by atoms with Gasteiger partial charge in [0.1, 0.15) is 11.6 Å². The number of pyridine rings is 1. The second-order valence-corrected chi connectivity index (χ2v) is 8.25. The highest BCUT2D eigenvalue weighted by Gasteiger charge is 2.24. The Morgan fingerprint density at radius 1 is 1.24 bits per heavy atom. The zero-order valence-corrected chi connectivity index (χ0v) is 18.9. The first-order valence-corrected chi connectivity index (χ1v) is 11.3. The van der Waals surface area contributed by atoms with Crippen molar-refractivity contribution >= 4 is 17.1 Å². The van der Waals surface area contributed by atoms with Crippen LogP contribution in [-0.2, 0) is 0 Å². The summed E-state index contributed by atoms with van der Waals surface area (Å²) in [7, 11) is 0. The highest BCUT2D eigenvalue weighted by molar-refractivity contribution is 5.73. The van der Waals surface area contributed by atoms with Gasteiger partial charge in [0.15, 0.2) is 5.65 Å². The van der Waals surface area contributed by atoms with Crippen molar-refractivity contribution in [3.05, 3.63) is 58.8 Å². The van der Waals surface area contributed by atoms with Gasteiger partial charge in [-0.3, -0.25) is 9.36 Å². The molecule has 9 heteroatoms. The van der Waals surface area contributed by atoms with Crippen molar-refractivity contribution in [1.29, 1.82) is 0 Å². The van der Waals surface area contributed by atoms with Crippen LogP contribution in [0.2, 0.25) is 0 Å². The van der Waals surface area contributed by atoms with Crippen molar-refractivity contribution in [2.24, 2.45) is 5.92 Å². The van der Waals surface area contributed by atoms with Crippen LogP contribution in [0.25, 0.3) is 16.7 Å². The molecule has 174 valence electrons. The third-order valence-corrected chi connectivity index (χ3v) is 6.06. The van der Waals surface area contributed by atoms with Crippen LogP contribution < -0.4 is 15.6 Å². The summed E-state index contributed by atoms with van der Waals surface area (Å²) in [5.74, 6) is 1.69. The molecule has 33 heavy (non-hydrogen) atoms. The lowest BCUT2D eigenvalue weighted by atomic mass is 9.97. The van der Waals surface area contributed by atoms with Crippen molar-refractivity contribution in [2.45, 2.75) is 32.7 Å². The Bertz CT molecular complexity index is 1170. The molecule has 0 radical (unpaired) electrons. The Morgan fingerprint density at radius 3 is 2.64 bits per heavy atom. The van der Waals surface area contributed by atoms with Crippen molar-refractivity contribution in [3.8, 4) is 11.4 Å². The van der Waals surface area contributed by atoms with Crippen LogP contribution in [0, 0.1) is 5.92 Å². The number of nitrogens with zero attached hydrogens (tertiary/aromatic N) is 4. The molecule has 1 atom stereocenters. The molecule has 3 aromatic rings. The standard InChI is InChI=1S/C24H29N5O4/c1-3-33-19-8-6-18(7-9-19)29-22(27-21-20(23(29)30)5-4-12-25-21)16(2)26-15-17-10-13-28(14-11-17)24(31)32/h4-9,12,16-17,26H,3,10-11,13-15H2,1-2H3,(H,31,32)/t16-/m1/s1. The molecule has 4 rings (SSSR count). The predicted octanol–water partition coefficient (Wildman–Crippen LogP) is 3.22. The van der Waals surface area contributed by atoms with Crippen molar-refractivity contribution in [2.75, 3.05) is 26.2 Å². The zero-order chi connectivity index (χ0) is 23.4. The van der Waals surface area contributed by atoms with Crippen LogP contribution in [0.5, 0.6) is 5.75 Å². The average molecular weight is 452 g/mol. The maximum Gasteiger partial charge on any atom is 0.407 e. The molecule has 1 amide bonds. The molecule has 1 saturated heterocycles. The third-order valence-electron chi connectivity index (χ3n) is 6.06. The van der Waals surface area contributed by atoms with Gasteiger partial charge in [0.05, 0.1) is 23.7 Å². The fourth-order valence-electron chi connectivity index (χ4n) is 4.20. The second-order valence-electron chi connectivity index (χ2n) is 8.25. The first-order valence-electron chi connectivity index (χ1n) is 11.3. The number of fused-ring (bicyclic) bond motifs is 1. The summed E-state index contributed by atoms with van der Waals surface area (Å²) in [6.45, 7) is 6.29. The Balaban J connectivity index is 1.61. The second kappa shape index (κ2) is 9.99. The van der Waals surface area contributed by atoms with E-state index in [1.54, 1.807) is 22.9 Å². The van der Waals surface area contributed by atoms with E-state index in [4.69, 9.17) is 14.8 Å². The Labute approximate surface area is 192 Å². The van der Waals surface area contributed by atoms with Crippen LogP contribution in [-0.4, -0.2) is 56.9 Å². The number of carboxylic acid groups (broad SMARTS) is 1. The van der Waals surface area contributed by atoms with E-state index in [1.165, 1.54) is 4.90 Å². The van der Waals surface area contributed by atoms with Crippen LogP contribution in [0.1, 0.15) is 38.6 Å². The summed E-state index contributed by atoms with van der Waals surface area (Å²) < 4.78 is 7.17. The Kier molecular flexibility index (Phi) is 6.88. The van der Waals surface area contributed by atoms with Gasteiger partial charge < -0.3 is 20.1 Å². The van der Waals surface area contributed by atoms with Crippen LogP contribution in [0.3, 0.4) is 0 Å². The lowest BCUT2D eigenvalue weighted by Crippen LogP contribution is -2.40. The van der Waals surface area contributed by atoms with E-state index in [0.29, 0.717) is 54.7 Å². The number of benzene rings is 1. The zero-order valence-electron chi connectivity index (χ0n) is 18.9. The van der Waals surface area contributed by atoms with Crippen LogP contribution in [0.15, 0.2) is 47.4 Å². The summed E-state index contributed by atoms with van der Waals surface area (Å²) in [6, 6.07) is 10.7. The highest BCUT2D eigenvalue weighted by Crippen LogP contribution is 2.21. The molecule has 1 aliphatic rings. The van der Waals surface area contributed by atoms with Crippen LogP contribution in [0.4, 0.5) is 4.79 Å². The Morgan fingerprint density at radius 2 is 1.97 bits per heavy atom. The third kappa shape index (κ3) is 4.98. The summed E-state index contributed by atoms with van der Waals surface area (Å²) >= 11 is 0. The van der Waals surface area contributed by atoms with E-state index in [1.807, 2.05) is 38.1 Å². The SMILES string of the molecule is CCOc1ccc(-n2c([C@@H](C)NCC3CCN(C(=O)O)CC3)nc3ncccc3c2=O)cc1. The first-order chi connectivity index (χ1) is 16.0. The fourth-order valence-corrected chi connectivity index (χ4v) is 4.20. The molecule has 0 saturated carbocycles. The fraction of sp³-hybridized carbons (Fsp3) is 0.417. The number of rotatable bonds is 7. The molecule has 1 aromatic carbocycles. The van der Waals surface area contributed by atoms with Gasteiger partial charge in [0.2, 0.25) is 0 Å². The lowest BCUT2D eigenvalue weighted by molar-refractivity contribution is 0.123. The minimum Gasteiger partial charge on any atom is -0.494 e. The van der Waals surface area contributed by atoms with E-state index in [9.17, 15) is 9.59 Å². The van der Waals surface area contributed by atoms with Gasteiger partial charge in [-0.15, -0.1) is 0 Å². The predicted molar refractivity (Wildman–Crippen MR) is 125 cm³/mol. The summed E-state index contributed by atoms with van der Waals surface area (Å²) in [4.78, 5) is 35.1. The van der Waals surface area contributed by atoms with Gasteiger partial charge in [-0.2, -0.15) is 0 Å². The molecule has 1 fully saturated rings. The van der Waals surface area contributed by atoms with Crippen molar-refractivity contribution in [3.63, 3.8) is 0 Å². The van der Waals surface area contributed by atoms with Gasteiger partial charge >= 0.3 is 6.09 Å². The molecule has 0 spiro atoms. The Hall–Kier alpha value is -3.46. The molecular weight excluding hydrogens is 422 g/mol. The van der Waals surface area contributed by atoms with Crippen molar-refractivity contribution in [1.82, 2.24) is 24.8 Å². The lowest BCUT2D eigenvalue weighted by Gasteiger charge is -2.31. The number of ether oxygens (including phenoxy) is 1. The maximum atomic E-state index is 13.4. The van der Waals surface area contributed by atoms with E-state index in [0.717, 1.165) is 18.6 Å². The molecule has 3 heterocycles. The maximum absolute atomic E-state index is 13.4. The smallest absolute Gasteiger partial charge is 0.407 e. The number of likely N-dealkylation sites (tertiary alicyclic amines) is 1. The summed E-state index contributed by atoms with van der Waals surface area (Å²) in [5, 5.41) is 13.1. The van der Waals surface area contributed by atoms with Gasteiger partial charge in [0, 0.05) is 19.3 Å². The number of piperidine rings is 1. The molecule has 2 aromatic heterocycles. The number of aromatic nitrogens is 3. The van der Waals surface area contributed by atoms with Gasteiger partial charge in [-0.05, 0) is 75.5 Å². The van der Waals surface area contributed by atoms with Crippen LogP contribution >= 0.6 is 0 Å². The van der Waals surface area contributed by atoms with Gasteiger partial charge in [-0.25, -0.2) is 14.8 Å². The van der Waals surface area contributed by atoms with Gasteiger partial charge in [0.25, 0.3) is 5.56 Å². The average Bonchev–Trinajstić information content (AvgIpc) is 2.83. The molecule has 0 aliphatic carbocycles. The monoisotopic (exact) mass is 451 g/mol. The number of hydrogen-bond acceptors (Lipinski definition) is 6. The molecule has 0 unspecified atom stereocenters. The molecule has 2 N–H and O–H groups in total. The van der Waals surface area contributed by atoms with Gasteiger partial charge in [-0.1, -0.05) is 0 Å². The number of hydrogen-bond donors (Lipinski definition) is 2. The van der Waals surface area contributed by atoms with Crippen molar-refractivity contribution < 1.29 is 14.6 Å². The normalized spacial score (nSPS) is 15.5.